The Morgan fingerprint density at radius 2 is 1.79 bits per heavy atom. The molecule has 4 aromatic rings. The van der Waals surface area contributed by atoms with Gasteiger partial charge in [0.05, 0.1) is 30.8 Å². The van der Waals surface area contributed by atoms with Gasteiger partial charge in [-0.25, -0.2) is 0 Å². The van der Waals surface area contributed by atoms with Crippen molar-refractivity contribution in [3.05, 3.63) is 88.5 Å². The summed E-state index contributed by atoms with van der Waals surface area (Å²) in [6.45, 7) is 4.28. The van der Waals surface area contributed by atoms with Gasteiger partial charge >= 0.3 is 0 Å². The second-order valence-electron chi connectivity index (χ2n) is 9.63. The van der Waals surface area contributed by atoms with Crippen LogP contribution in [-0.2, 0) is 9.59 Å². The molecule has 1 aliphatic heterocycles. The predicted molar refractivity (Wildman–Crippen MR) is 158 cm³/mol. The Hall–Kier alpha value is -4.90. The predicted octanol–water partition coefficient (Wildman–Crippen LogP) is 4.47. The summed E-state index contributed by atoms with van der Waals surface area (Å²) in [4.78, 5) is 30.1. The molecule has 1 atom stereocenters. The lowest BCUT2D eigenvalue weighted by molar-refractivity contribution is -0.121. The molecule has 0 radical (unpaired) electrons. The number of aryl methyl sites for hydroxylation is 1. The number of phenolic OH excluding ortho intramolecular Hbond substituents is 2. The van der Waals surface area contributed by atoms with E-state index in [2.05, 4.69) is 20.8 Å². The topological polar surface area (TPSA) is 151 Å². The number of nitrogens with zero attached hydrogens (tertiary/aromatic N) is 4. The van der Waals surface area contributed by atoms with Crippen molar-refractivity contribution in [1.29, 1.82) is 0 Å². The van der Waals surface area contributed by atoms with Crippen LogP contribution in [0.1, 0.15) is 48.6 Å². The van der Waals surface area contributed by atoms with Crippen LogP contribution in [0.2, 0.25) is 5.02 Å². The number of ether oxygens (including phenoxy) is 1. The zero-order chi connectivity index (χ0) is 29.8. The van der Waals surface area contributed by atoms with Crippen LogP contribution in [0.25, 0.3) is 5.69 Å². The third-order valence-electron chi connectivity index (χ3n) is 6.62. The Morgan fingerprint density at radius 3 is 2.52 bits per heavy atom. The number of benzene rings is 3. The van der Waals surface area contributed by atoms with E-state index in [-0.39, 0.29) is 42.8 Å². The van der Waals surface area contributed by atoms with E-state index in [4.69, 9.17) is 21.3 Å². The first-order chi connectivity index (χ1) is 20.2. The van der Waals surface area contributed by atoms with Crippen LogP contribution in [0.3, 0.4) is 0 Å². The summed E-state index contributed by atoms with van der Waals surface area (Å²) in [5.41, 5.74) is 3.30. The molecule has 0 fully saturated rings. The van der Waals surface area contributed by atoms with Crippen LogP contribution < -0.4 is 15.4 Å². The molecule has 42 heavy (non-hydrogen) atoms. The maximum Gasteiger partial charge on any atom is 0.227 e. The standard InChI is InChI=1S/C30H29ClN6O5/c1-3-32-28(41)16-23-30-36-35-17(2)37(30)24-10-9-21(15-22(24)29(34-23)18-4-6-19(31)7-5-18)42-13-12-27(40)33-20-8-11-25(38)26(39)14-20/h4-11,14-15,23,38-39H,3,12-13,16H2,1-2H3,(H,32,41)(H,33,40)/t23-/m0/s1. The first kappa shape index (κ1) is 28.6. The van der Waals surface area contributed by atoms with Crippen molar-refractivity contribution in [2.45, 2.75) is 32.7 Å². The van der Waals surface area contributed by atoms with E-state index in [0.29, 0.717) is 40.4 Å². The fraction of sp³-hybridized carbons (Fsp3) is 0.233. The van der Waals surface area contributed by atoms with Crippen molar-refractivity contribution >= 4 is 34.8 Å². The van der Waals surface area contributed by atoms with Crippen LogP contribution in [0, 0.1) is 6.92 Å². The molecule has 0 saturated heterocycles. The Labute approximate surface area is 246 Å². The van der Waals surface area contributed by atoms with Crippen LogP contribution >= 0.6 is 11.6 Å². The van der Waals surface area contributed by atoms with Gasteiger partial charge in [-0.15, -0.1) is 10.2 Å². The number of halogens is 1. The van der Waals surface area contributed by atoms with E-state index >= 15 is 0 Å². The third-order valence-corrected chi connectivity index (χ3v) is 6.88. The van der Waals surface area contributed by atoms with Gasteiger partial charge in [-0.05, 0) is 56.3 Å². The number of hydrogen-bond donors (Lipinski definition) is 4. The lowest BCUT2D eigenvalue weighted by Gasteiger charge is -2.15. The average molecular weight is 589 g/mol. The maximum atomic E-state index is 12.6. The number of carbonyl (C=O) groups is 2. The van der Waals surface area contributed by atoms with Crippen LogP contribution in [-0.4, -0.2) is 55.7 Å². The Balaban J connectivity index is 1.44. The van der Waals surface area contributed by atoms with Crippen LogP contribution in [0.15, 0.2) is 65.7 Å². The molecule has 0 spiro atoms. The summed E-state index contributed by atoms with van der Waals surface area (Å²) in [6, 6.07) is 16.3. The molecule has 2 heterocycles. The molecular weight excluding hydrogens is 560 g/mol. The molecule has 12 heteroatoms. The van der Waals surface area contributed by atoms with Crippen molar-refractivity contribution in [1.82, 2.24) is 20.1 Å². The molecule has 3 aromatic carbocycles. The molecule has 0 bridgehead atoms. The number of carbonyl (C=O) groups excluding carboxylic acids is 2. The number of aromatic hydroxyl groups is 2. The van der Waals surface area contributed by atoms with E-state index in [1.165, 1.54) is 18.2 Å². The Bertz CT molecular complexity index is 1670. The first-order valence-electron chi connectivity index (χ1n) is 13.3. The number of aliphatic imine (C=N–C) groups is 1. The molecular formula is C30H29ClN6O5. The molecule has 11 nitrogen and oxygen atoms in total. The maximum absolute atomic E-state index is 12.6. The summed E-state index contributed by atoms with van der Waals surface area (Å²) in [5, 5.41) is 33.9. The first-order valence-corrected chi connectivity index (χ1v) is 13.7. The molecule has 4 N–H and O–H groups in total. The number of anilines is 1. The van der Waals surface area contributed by atoms with E-state index in [0.717, 1.165) is 16.8 Å². The number of nitrogens with one attached hydrogen (secondary N) is 2. The van der Waals surface area contributed by atoms with E-state index in [1.807, 2.05) is 42.7 Å². The van der Waals surface area contributed by atoms with Crippen LogP contribution in [0.5, 0.6) is 17.2 Å². The molecule has 1 aliphatic rings. The highest BCUT2D eigenvalue weighted by Gasteiger charge is 2.30. The lowest BCUT2D eigenvalue weighted by atomic mass is 10.00. The van der Waals surface area contributed by atoms with Gasteiger partial charge in [0, 0.05) is 34.4 Å². The van der Waals surface area contributed by atoms with Gasteiger partial charge in [-0.2, -0.15) is 0 Å². The van der Waals surface area contributed by atoms with Gasteiger partial charge in [-0.1, -0.05) is 23.7 Å². The minimum absolute atomic E-state index is 0.0418. The number of rotatable bonds is 9. The number of phenols is 2. The second kappa shape index (κ2) is 12.3. The van der Waals surface area contributed by atoms with Gasteiger partial charge in [-0.3, -0.25) is 19.1 Å². The van der Waals surface area contributed by atoms with E-state index < -0.39 is 6.04 Å². The van der Waals surface area contributed by atoms with Crippen molar-refractivity contribution < 1.29 is 24.5 Å². The summed E-state index contributed by atoms with van der Waals surface area (Å²) in [6.07, 6.45) is 0.133. The molecule has 1 aromatic heterocycles. The molecule has 2 amide bonds. The Morgan fingerprint density at radius 1 is 1.00 bits per heavy atom. The van der Waals surface area contributed by atoms with Gasteiger partial charge in [0.25, 0.3) is 0 Å². The fourth-order valence-corrected chi connectivity index (χ4v) is 4.80. The van der Waals surface area contributed by atoms with E-state index in [9.17, 15) is 19.8 Å². The van der Waals surface area contributed by atoms with Crippen molar-refractivity contribution in [2.24, 2.45) is 4.99 Å². The smallest absolute Gasteiger partial charge is 0.227 e. The highest BCUT2D eigenvalue weighted by atomic mass is 35.5. The average Bonchev–Trinajstić information content (AvgIpc) is 3.28. The van der Waals surface area contributed by atoms with E-state index in [1.54, 1.807) is 18.2 Å². The fourth-order valence-electron chi connectivity index (χ4n) is 4.67. The van der Waals surface area contributed by atoms with Crippen LogP contribution in [0.4, 0.5) is 5.69 Å². The summed E-state index contributed by atoms with van der Waals surface area (Å²) < 4.78 is 7.86. The summed E-state index contributed by atoms with van der Waals surface area (Å²) in [7, 11) is 0. The molecule has 0 aliphatic carbocycles. The second-order valence-corrected chi connectivity index (χ2v) is 10.1. The molecule has 0 saturated carbocycles. The molecule has 0 unspecified atom stereocenters. The highest BCUT2D eigenvalue weighted by Crippen LogP contribution is 2.34. The summed E-state index contributed by atoms with van der Waals surface area (Å²) in [5.74, 6) is 0.637. The zero-order valence-corrected chi connectivity index (χ0v) is 23.7. The molecule has 216 valence electrons. The van der Waals surface area contributed by atoms with Crippen molar-refractivity contribution in [2.75, 3.05) is 18.5 Å². The number of fused-ring (bicyclic) bond motifs is 3. The third kappa shape index (κ3) is 6.21. The monoisotopic (exact) mass is 588 g/mol. The number of hydrogen-bond acceptors (Lipinski definition) is 8. The van der Waals surface area contributed by atoms with Gasteiger partial charge in [0.1, 0.15) is 17.6 Å². The van der Waals surface area contributed by atoms with Crippen molar-refractivity contribution in [3.63, 3.8) is 0 Å². The normalized spacial score (nSPS) is 13.8. The Kier molecular flexibility index (Phi) is 8.39. The molecule has 5 rings (SSSR count). The highest BCUT2D eigenvalue weighted by molar-refractivity contribution is 6.30. The van der Waals surface area contributed by atoms with Crippen molar-refractivity contribution in [3.8, 4) is 22.9 Å². The quantitative estimate of drug-likeness (QED) is 0.166. The minimum atomic E-state index is -0.594. The number of amides is 2. The minimum Gasteiger partial charge on any atom is -0.504 e. The lowest BCUT2D eigenvalue weighted by Crippen LogP contribution is -2.25. The zero-order valence-electron chi connectivity index (χ0n) is 23.0. The van der Waals surface area contributed by atoms with Gasteiger partial charge in [0.15, 0.2) is 17.3 Å². The van der Waals surface area contributed by atoms with Gasteiger partial charge < -0.3 is 25.6 Å². The number of aromatic nitrogens is 3. The SMILES string of the molecule is CCNC(=O)C[C@@H]1N=C(c2ccc(Cl)cc2)c2cc(OCCC(=O)Nc3ccc(O)c(O)c3)ccc2-n2c(C)nnc21. The summed E-state index contributed by atoms with van der Waals surface area (Å²) >= 11 is 6.17. The largest absolute Gasteiger partial charge is 0.504 e. The van der Waals surface area contributed by atoms with Gasteiger partial charge in [0.2, 0.25) is 11.8 Å².